The minimum Gasteiger partial charge on any atom is -0.481 e. The van der Waals surface area contributed by atoms with Gasteiger partial charge in [-0.2, -0.15) is 0 Å². The molecule has 108 valence electrons. The van der Waals surface area contributed by atoms with E-state index in [9.17, 15) is 9.90 Å². The summed E-state index contributed by atoms with van der Waals surface area (Å²) < 4.78 is 5.61. The van der Waals surface area contributed by atoms with Crippen molar-refractivity contribution in [3.05, 3.63) is 0 Å². The molecule has 1 saturated heterocycles. The van der Waals surface area contributed by atoms with E-state index in [-0.39, 0.29) is 17.4 Å². The van der Waals surface area contributed by atoms with Crippen molar-refractivity contribution in [3.8, 4) is 0 Å². The molecule has 3 heteroatoms. The third kappa shape index (κ3) is 2.54. The summed E-state index contributed by atoms with van der Waals surface area (Å²) in [5.41, 5.74) is 0.276. The molecular weight excluding hydrogens is 240 g/mol. The van der Waals surface area contributed by atoms with Gasteiger partial charge < -0.3 is 9.84 Å². The van der Waals surface area contributed by atoms with Crippen LogP contribution in [0.5, 0.6) is 0 Å². The number of aliphatic carboxylic acids is 1. The van der Waals surface area contributed by atoms with Gasteiger partial charge in [0.2, 0.25) is 0 Å². The lowest BCUT2D eigenvalue weighted by molar-refractivity contribution is -0.149. The quantitative estimate of drug-likeness (QED) is 0.794. The molecule has 1 N–H and O–H groups in total. The molecule has 2 aliphatic carbocycles. The average molecular weight is 266 g/mol. The first-order valence-corrected chi connectivity index (χ1v) is 7.80. The van der Waals surface area contributed by atoms with E-state index in [1.807, 2.05) is 0 Å². The van der Waals surface area contributed by atoms with Crippen LogP contribution in [-0.4, -0.2) is 23.3 Å². The van der Waals surface area contributed by atoms with Crippen LogP contribution in [0.1, 0.15) is 65.2 Å². The molecule has 1 aliphatic heterocycles. The van der Waals surface area contributed by atoms with E-state index < -0.39 is 5.97 Å². The van der Waals surface area contributed by atoms with Crippen LogP contribution in [-0.2, 0) is 9.53 Å². The first kappa shape index (κ1) is 13.4. The summed E-state index contributed by atoms with van der Waals surface area (Å²) in [5.74, 6) is -0.828. The number of carboxylic acids is 1. The van der Waals surface area contributed by atoms with Crippen molar-refractivity contribution in [3.63, 3.8) is 0 Å². The summed E-state index contributed by atoms with van der Waals surface area (Å²) in [6, 6.07) is 0. The highest BCUT2D eigenvalue weighted by molar-refractivity contribution is 5.71. The van der Waals surface area contributed by atoms with Gasteiger partial charge >= 0.3 is 5.97 Å². The summed E-state index contributed by atoms with van der Waals surface area (Å²) in [6.45, 7) is 4.57. The van der Waals surface area contributed by atoms with Gasteiger partial charge in [-0.3, -0.25) is 4.79 Å². The van der Waals surface area contributed by atoms with Gasteiger partial charge in [-0.25, -0.2) is 0 Å². The van der Waals surface area contributed by atoms with E-state index in [0.717, 1.165) is 19.3 Å². The lowest BCUT2D eigenvalue weighted by Crippen LogP contribution is -2.43. The molecule has 0 radical (unpaired) electrons. The number of carbonyl (C=O) groups is 1. The number of rotatable bonds is 3. The molecule has 0 aromatic rings. The predicted octanol–water partition coefficient (Wildman–Crippen LogP) is 3.62. The fourth-order valence-electron chi connectivity index (χ4n) is 4.84. The fraction of sp³-hybridized carbons (Fsp3) is 0.938. The van der Waals surface area contributed by atoms with Crippen LogP contribution in [0.25, 0.3) is 0 Å². The molecule has 2 saturated carbocycles. The highest BCUT2D eigenvalue weighted by atomic mass is 16.6. The molecule has 3 fully saturated rings. The van der Waals surface area contributed by atoms with Gasteiger partial charge in [-0.15, -0.1) is 0 Å². The Hall–Kier alpha value is -0.570. The van der Waals surface area contributed by atoms with E-state index >= 15 is 0 Å². The smallest absolute Gasteiger partial charge is 0.307 e. The van der Waals surface area contributed by atoms with Gasteiger partial charge in [0.15, 0.2) is 0 Å². The molecule has 0 spiro atoms. The number of hydrogen-bond acceptors (Lipinski definition) is 2. The predicted molar refractivity (Wildman–Crippen MR) is 72.9 cm³/mol. The van der Waals surface area contributed by atoms with Crippen LogP contribution < -0.4 is 0 Å². The SMILES string of the molecule is CC1(CC2(C)CC3OC3CC2C(=O)O)CCCCC1. The Morgan fingerprint density at radius 1 is 1.21 bits per heavy atom. The normalized spacial score (nSPS) is 44.4. The molecule has 4 unspecified atom stereocenters. The molecular formula is C16H26O3. The molecule has 3 aliphatic rings. The zero-order chi connectivity index (χ0) is 13.7. The molecule has 3 nitrogen and oxygen atoms in total. The fourth-order valence-corrected chi connectivity index (χ4v) is 4.84. The molecule has 4 atom stereocenters. The lowest BCUT2D eigenvalue weighted by atomic mass is 9.58. The van der Waals surface area contributed by atoms with Crippen LogP contribution in [0.3, 0.4) is 0 Å². The van der Waals surface area contributed by atoms with Gasteiger partial charge in [0, 0.05) is 0 Å². The number of fused-ring (bicyclic) bond motifs is 1. The summed E-state index contributed by atoms with van der Waals surface area (Å²) in [5, 5.41) is 9.57. The number of ether oxygens (including phenoxy) is 1. The van der Waals surface area contributed by atoms with E-state index in [0.29, 0.717) is 11.5 Å². The van der Waals surface area contributed by atoms with Crippen molar-refractivity contribution in [2.45, 2.75) is 77.4 Å². The van der Waals surface area contributed by atoms with Crippen molar-refractivity contribution in [2.75, 3.05) is 0 Å². The number of carboxylic acid groups (broad SMARTS) is 1. The lowest BCUT2D eigenvalue weighted by Gasteiger charge is -2.45. The Balaban J connectivity index is 1.76. The Morgan fingerprint density at radius 2 is 1.89 bits per heavy atom. The average Bonchev–Trinajstić information content (AvgIpc) is 3.04. The summed E-state index contributed by atoms with van der Waals surface area (Å²) >= 11 is 0. The van der Waals surface area contributed by atoms with Crippen LogP contribution >= 0.6 is 0 Å². The second kappa shape index (κ2) is 4.47. The summed E-state index contributed by atoms with van der Waals surface area (Å²) in [7, 11) is 0. The van der Waals surface area contributed by atoms with E-state index in [1.54, 1.807) is 0 Å². The van der Waals surface area contributed by atoms with Crippen molar-refractivity contribution < 1.29 is 14.6 Å². The second-order valence-electron chi connectivity index (χ2n) is 7.75. The summed E-state index contributed by atoms with van der Waals surface area (Å²) in [6.07, 6.45) is 9.84. The van der Waals surface area contributed by atoms with E-state index in [1.165, 1.54) is 32.1 Å². The maximum Gasteiger partial charge on any atom is 0.307 e. The van der Waals surface area contributed by atoms with E-state index in [2.05, 4.69) is 13.8 Å². The van der Waals surface area contributed by atoms with E-state index in [4.69, 9.17) is 4.74 Å². The third-order valence-electron chi connectivity index (χ3n) is 5.85. The Bertz CT molecular complexity index is 372. The van der Waals surface area contributed by atoms with Crippen molar-refractivity contribution in [1.29, 1.82) is 0 Å². The highest BCUT2D eigenvalue weighted by Gasteiger charge is 2.57. The zero-order valence-electron chi connectivity index (χ0n) is 12.2. The topological polar surface area (TPSA) is 49.8 Å². The third-order valence-corrected chi connectivity index (χ3v) is 5.85. The van der Waals surface area contributed by atoms with Crippen molar-refractivity contribution >= 4 is 5.97 Å². The van der Waals surface area contributed by atoms with Crippen molar-refractivity contribution in [2.24, 2.45) is 16.7 Å². The molecule has 1 heterocycles. The molecule has 3 rings (SSSR count). The molecule has 0 bridgehead atoms. The molecule has 0 aromatic heterocycles. The Labute approximate surface area is 115 Å². The molecule has 0 aromatic carbocycles. The maximum atomic E-state index is 11.6. The van der Waals surface area contributed by atoms with Crippen LogP contribution in [0.15, 0.2) is 0 Å². The van der Waals surface area contributed by atoms with Gasteiger partial charge in [-0.1, -0.05) is 33.1 Å². The van der Waals surface area contributed by atoms with Crippen LogP contribution in [0, 0.1) is 16.7 Å². The Morgan fingerprint density at radius 3 is 2.53 bits per heavy atom. The summed E-state index contributed by atoms with van der Waals surface area (Å²) in [4.78, 5) is 11.6. The zero-order valence-corrected chi connectivity index (χ0v) is 12.2. The second-order valence-corrected chi connectivity index (χ2v) is 7.75. The standard InChI is InChI=1S/C16H26O3/c1-15(6-4-3-5-7-15)10-16(2)9-13-12(19-13)8-11(16)14(17)18/h11-13H,3-10H2,1-2H3,(H,17,18). The Kier molecular flexibility index (Phi) is 3.16. The minimum atomic E-state index is -0.615. The van der Waals surface area contributed by atoms with Crippen LogP contribution in [0.4, 0.5) is 0 Å². The number of epoxide rings is 1. The van der Waals surface area contributed by atoms with Gasteiger partial charge in [0.25, 0.3) is 0 Å². The first-order valence-electron chi connectivity index (χ1n) is 7.80. The first-order chi connectivity index (χ1) is 8.92. The van der Waals surface area contributed by atoms with Gasteiger partial charge in [0.05, 0.1) is 18.1 Å². The van der Waals surface area contributed by atoms with Gasteiger partial charge in [0.1, 0.15) is 0 Å². The van der Waals surface area contributed by atoms with Crippen LogP contribution in [0.2, 0.25) is 0 Å². The highest BCUT2D eigenvalue weighted by Crippen LogP contribution is 2.56. The van der Waals surface area contributed by atoms with Gasteiger partial charge in [-0.05, 0) is 42.9 Å². The molecule has 19 heavy (non-hydrogen) atoms. The minimum absolute atomic E-state index is 0.0738. The van der Waals surface area contributed by atoms with Crippen molar-refractivity contribution in [1.82, 2.24) is 0 Å². The largest absolute Gasteiger partial charge is 0.481 e. The number of hydrogen-bond donors (Lipinski definition) is 1. The molecule has 0 amide bonds. The monoisotopic (exact) mass is 266 g/mol. The maximum absolute atomic E-state index is 11.6.